The van der Waals surface area contributed by atoms with Crippen LogP contribution >= 0.6 is 0 Å². The van der Waals surface area contributed by atoms with Crippen LogP contribution in [-0.2, 0) is 9.53 Å². The van der Waals surface area contributed by atoms with Crippen molar-refractivity contribution in [2.75, 3.05) is 13.1 Å². The molecule has 0 saturated carbocycles. The number of nitrogens with one attached hydrogen (secondary N) is 2. The van der Waals surface area contributed by atoms with Crippen LogP contribution in [-0.4, -0.2) is 48.4 Å². The standard InChI is InChI=1S/C28H29N7O2/c1-16-35-23-7-5-17(21-13-30-15-32-21)9-19(23)10-25(35)20-6-4-18(11-26(20)37-16)22-14-31-28(33-22)24-3-2-8-34(24)27(36)12-29/h5,7,9-11,13-16,24H,2-4,6,8,12,29H2,1H3,(H,30,32)(H,31,33). The SMILES string of the molecule is CC1OC2=C(CCC(c3cnc(C4CCCN4C(=O)CN)[nH]3)=C2)c2cc3cc(-c4cnc[nH]4)ccc3n21. The molecule has 9 nitrogen and oxygen atoms in total. The Bertz CT molecular complexity index is 1570. The van der Waals surface area contributed by atoms with Gasteiger partial charge in [-0.1, -0.05) is 6.07 Å². The summed E-state index contributed by atoms with van der Waals surface area (Å²) < 4.78 is 8.75. The predicted molar refractivity (Wildman–Crippen MR) is 141 cm³/mol. The monoisotopic (exact) mass is 495 g/mol. The molecule has 2 unspecified atom stereocenters. The zero-order valence-corrected chi connectivity index (χ0v) is 20.7. The maximum Gasteiger partial charge on any atom is 0.236 e. The van der Waals surface area contributed by atoms with Crippen molar-refractivity contribution >= 4 is 28.0 Å². The molecule has 7 rings (SSSR count). The molecule has 188 valence electrons. The number of carbonyl (C=O) groups is 1. The molecule has 5 heterocycles. The molecule has 1 aliphatic carbocycles. The maximum atomic E-state index is 12.3. The number of nitrogens with zero attached hydrogens (tertiary/aromatic N) is 4. The number of benzene rings is 1. The lowest BCUT2D eigenvalue weighted by atomic mass is 9.92. The normalized spacial score (nSPS) is 21.1. The van der Waals surface area contributed by atoms with Crippen LogP contribution in [0.25, 0.3) is 33.3 Å². The van der Waals surface area contributed by atoms with Gasteiger partial charge in [-0.15, -0.1) is 0 Å². The van der Waals surface area contributed by atoms with Crippen molar-refractivity contribution < 1.29 is 9.53 Å². The third-order valence-corrected chi connectivity index (χ3v) is 7.87. The second-order valence-corrected chi connectivity index (χ2v) is 10.00. The van der Waals surface area contributed by atoms with E-state index in [4.69, 9.17) is 10.5 Å². The van der Waals surface area contributed by atoms with Gasteiger partial charge in [-0.05, 0) is 62.5 Å². The zero-order valence-electron chi connectivity index (χ0n) is 20.7. The Kier molecular flexibility index (Phi) is 5.07. The minimum absolute atomic E-state index is 0.0243. The molecule has 2 aliphatic heterocycles. The number of aromatic amines is 2. The number of hydrogen-bond donors (Lipinski definition) is 3. The van der Waals surface area contributed by atoms with Gasteiger partial charge in [0.1, 0.15) is 11.6 Å². The first-order valence-corrected chi connectivity index (χ1v) is 12.9. The van der Waals surface area contributed by atoms with Gasteiger partial charge in [0.2, 0.25) is 5.91 Å². The van der Waals surface area contributed by atoms with Gasteiger partial charge in [-0.3, -0.25) is 4.79 Å². The molecule has 1 amide bonds. The van der Waals surface area contributed by atoms with Gasteiger partial charge in [0, 0.05) is 23.1 Å². The topological polar surface area (TPSA) is 118 Å². The first-order chi connectivity index (χ1) is 18.1. The molecule has 0 spiro atoms. The van der Waals surface area contributed by atoms with E-state index in [1.165, 1.54) is 27.7 Å². The number of allylic oxidation sites excluding steroid dienone is 3. The van der Waals surface area contributed by atoms with Crippen molar-refractivity contribution in [1.29, 1.82) is 0 Å². The highest BCUT2D eigenvalue weighted by Crippen LogP contribution is 2.44. The molecular formula is C28H29N7O2. The number of rotatable bonds is 4. The first-order valence-electron chi connectivity index (χ1n) is 12.9. The summed E-state index contributed by atoms with van der Waals surface area (Å²) in [5.74, 6) is 1.74. The molecule has 9 heteroatoms. The van der Waals surface area contributed by atoms with Crippen LogP contribution in [0.2, 0.25) is 0 Å². The Labute approximate surface area is 214 Å². The van der Waals surface area contributed by atoms with E-state index in [1.807, 2.05) is 17.3 Å². The second kappa shape index (κ2) is 8.48. The highest BCUT2D eigenvalue weighted by Gasteiger charge is 2.32. The summed E-state index contributed by atoms with van der Waals surface area (Å²) in [4.78, 5) is 29.6. The average molecular weight is 496 g/mol. The lowest BCUT2D eigenvalue weighted by molar-refractivity contribution is -0.130. The van der Waals surface area contributed by atoms with Gasteiger partial charge in [0.05, 0.1) is 53.9 Å². The summed E-state index contributed by atoms with van der Waals surface area (Å²) in [6.45, 7) is 2.86. The van der Waals surface area contributed by atoms with Crippen molar-refractivity contribution in [2.45, 2.75) is 44.9 Å². The van der Waals surface area contributed by atoms with Gasteiger partial charge in [-0.25, -0.2) is 9.97 Å². The average Bonchev–Trinajstić information content (AvgIpc) is 3.73. The number of imidazole rings is 2. The van der Waals surface area contributed by atoms with Crippen molar-refractivity contribution in [1.82, 2.24) is 29.4 Å². The number of ether oxygens (including phenoxy) is 1. The van der Waals surface area contributed by atoms with Crippen molar-refractivity contribution in [3.63, 3.8) is 0 Å². The fraction of sp³-hybridized carbons (Fsp3) is 0.321. The molecule has 4 aromatic rings. The zero-order chi connectivity index (χ0) is 25.1. The molecule has 2 atom stereocenters. The third-order valence-electron chi connectivity index (χ3n) is 7.87. The van der Waals surface area contributed by atoms with E-state index >= 15 is 0 Å². The number of H-pyrrole nitrogens is 2. The Hall–Kier alpha value is -4.11. The minimum atomic E-state index is -0.119. The molecule has 1 fully saturated rings. The molecule has 4 N–H and O–H groups in total. The second-order valence-electron chi connectivity index (χ2n) is 10.00. The number of nitrogens with two attached hydrogens (primary N) is 1. The van der Waals surface area contributed by atoms with Gasteiger partial charge < -0.3 is 29.9 Å². The Morgan fingerprint density at radius 2 is 2.14 bits per heavy atom. The van der Waals surface area contributed by atoms with Gasteiger partial charge in [0.15, 0.2) is 6.23 Å². The summed E-state index contributed by atoms with van der Waals surface area (Å²) in [6.07, 6.45) is 11.1. The molecule has 0 radical (unpaired) electrons. The minimum Gasteiger partial charge on any atom is -0.470 e. The van der Waals surface area contributed by atoms with Crippen LogP contribution in [0, 0.1) is 0 Å². The van der Waals surface area contributed by atoms with Crippen molar-refractivity contribution in [3.8, 4) is 11.3 Å². The highest BCUT2D eigenvalue weighted by atomic mass is 16.5. The summed E-state index contributed by atoms with van der Waals surface area (Å²) in [6, 6.07) is 8.75. The largest absolute Gasteiger partial charge is 0.470 e. The van der Waals surface area contributed by atoms with E-state index in [-0.39, 0.29) is 24.7 Å². The van der Waals surface area contributed by atoms with Crippen LogP contribution < -0.4 is 5.73 Å². The van der Waals surface area contributed by atoms with Crippen LogP contribution in [0.5, 0.6) is 0 Å². The van der Waals surface area contributed by atoms with Crippen LogP contribution in [0.4, 0.5) is 0 Å². The molecular weight excluding hydrogens is 466 g/mol. The fourth-order valence-electron chi connectivity index (χ4n) is 6.09. The molecule has 1 aromatic carbocycles. The Balaban J connectivity index is 1.22. The van der Waals surface area contributed by atoms with E-state index < -0.39 is 0 Å². The quantitative estimate of drug-likeness (QED) is 0.385. The molecule has 37 heavy (non-hydrogen) atoms. The van der Waals surface area contributed by atoms with E-state index in [9.17, 15) is 4.79 Å². The van der Waals surface area contributed by atoms with Gasteiger partial charge in [0.25, 0.3) is 0 Å². The lowest BCUT2D eigenvalue weighted by Crippen LogP contribution is -2.35. The third kappa shape index (κ3) is 3.53. The maximum absolute atomic E-state index is 12.3. The number of fused-ring (bicyclic) bond motifs is 4. The van der Waals surface area contributed by atoms with E-state index in [0.717, 1.165) is 60.8 Å². The smallest absolute Gasteiger partial charge is 0.236 e. The van der Waals surface area contributed by atoms with E-state index in [2.05, 4.69) is 61.8 Å². The first kappa shape index (κ1) is 22.1. The Morgan fingerprint density at radius 3 is 2.97 bits per heavy atom. The van der Waals surface area contributed by atoms with Crippen molar-refractivity contribution in [3.05, 3.63) is 72.0 Å². The number of hydrogen-bond acceptors (Lipinski definition) is 5. The summed E-state index contributed by atoms with van der Waals surface area (Å²) >= 11 is 0. The molecule has 3 aromatic heterocycles. The fourth-order valence-corrected chi connectivity index (χ4v) is 6.09. The Morgan fingerprint density at radius 1 is 1.22 bits per heavy atom. The predicted octanol–water partition coefficient (Wildman–Crippen LogP) is 4.51. The van der Waals surface area contributed by atoms with Crippen LogP contribution in [0.15, 0.2) is 54.8 Å². The van der Waals surface area contributed by atoms with Crippen LogP contribution in [0.3, 0.4) is 0 Å². The summed E-state index contributed by atoms with van der Waals surface area (Å²) in [5, 5.41) is 1.19. The highest BCUT2D eigenvalue weighted by molar-refractivity contribution is 5.91. The van der Waals surface area contributed by atoms with Gasteiger partial charge in [-0.2, -0.15) is 0 Å². The summed E-state index contributed by atoms with van der Waals surface area (Å²) in [5.41, 5.74) is 13.5. The van der Waals surface area contributed by atoms with Gasteiger partial charge >= 0.3 is 0 Å². The van der Waals surface area contributed by atoms with E-state index in [0.29, 0.717) is 0 Å². The lowest BCUT2D eigenvalue weighted by Gasteiger charge is -2.31. The molecule has 3 aliphatic rings. The number of likely N-dealkylation sites (tertiary alicyclic amines) is 1. The molecule has 0 bridgehead atoms. The number of aromatic nitrogens is 5. The summed E-state index contributed by atoms with van der Waals surface area (Å²) in [7, 11) is 0. The van der Waals surface area contributed by atoms with Crippen LogP contribution in [0.1, 0.15) is 62.1 Å². The van der Waals surface area contributed by atoms with E-state index in [1.54, 1.807) is 6.33 Å². The number of carbonyl (C=O) groups excluding carboxylic acids is 1. The van der Waals surface area contributed by atoms with Crippen molar-refractivity contribution in [2.24, 2.45) is 5.73 Å². The number of amides is 1. The molecule has 1 saturated heterocycles.